The summed E-state index contributed by atoms with van der Waals surface area (Å²) in [5.74, 6) is -0.338. The van der Waals surface area contributed by atoms with Gasteiger partial charge >= 0.3 is 0 Å². The van der Waals surface area contributed by atoms with Gasteiger partial charge in [0.1, 0.15) is 11.6 Å². The predicted molar refractivity (Wildman–Crippen MR) is 74.5 cm³/mol. The number of benzene rings is 2. The zero-order valence-corrected chi connectivity index (χ0v) is 11.6. The number of phenols is 1. The SMILES string of the molecule is Oc1c(Cl)cccc1CNc1ccc(Br)cc1F. The van der Waals surface area contributed by atoms with Gasteiger partial charge in [-0.15, -0.1) is 0 Å². The zero-order chi connectivity index (χ0) is 13.1. The molecule has 2 rings (SSSR count). The minimum Gasteiger partial charge on any atom is -0.506 e. The van der Waals surface area contributed by atoms with Crippen LogP contribution in [0, 0.1) is 5.82 Å². The Labute approximate surface area is 118 Å². The number of aromatic hydroxyl groups is 1. The molecule has 2 aromatic rings. The van der Waals surface area contributed by atoms with Crippen LogP contribution >= 0.6 is 27.5 Å². The molecule has 0 amide bonds. The fourth-order valence-corrected chi connectivity index (χ4v) is 2.05. The summed E-state index contributed by atoms with van der Waals surface area (Å²) < 4.78 is 14.2. The molecule has 0 spiro atoms. The molecule has 0 aromatic heterocycles. The number of halogens is 3. The lowest BCUT2D eigenvalue weighted by Crippen LogP contribution is -2.01. The van der Waals surface area contributed by atoms with Crippen molar-refractivity contribution in [3.05, 3.63) is 57.3 Å². The molecule has 0 bridgehead atoms. The van der Waals surface area contributed by atoms with Crippen molar-refractivity contribution >= 4 is 33.2 Å². The van der Waals surface area contributed by atoms with Gasteiger partial charge in [-0.2, -0.15) is 0 Å². The monoisotopic (exact) mass is 329 g/mol. The first-order valence-electron chi connectivity index (χ1n) is 5.23. The van der Waals surface area contributed by atoms with Gasteiger partial charge < -0.3 is 10.4 Å². The highest BCUT2D eigenvalue weighted by molar-refractivity contribution is 9.10. The lowest BCUT2D eigenvalue weighted by Gasteiger charge is -2.10. The molecule has 2 N–H and O–H groups in total. The Morgan fingerprint density at radius 2 is 2.06 bits per heavy atom. The van der Waals surface area contributed by atoms with Gasteiger partial charge in [0.05, 0.1) is 10.7 Å². The first-order chi connectivity index (χ1) is 8.58. The van der Waals surface area contributed by atoms with Crippen LogP contribution in [0.3, 0.4) is 0 Å². The molecule has 2 aromatic carbocycles. The van der Waals surface area contributed by atoms with Crippen LogP contribution in [0.15, 0.2) is 40.9 Å². The molecule has 0 unspecified atom stereocenters. The summed E-state index contributed by atoms with van der Waals surface area (Å²) >= 11 is 8.98. The van der Waals surface area contributed by atoms with Crippen molar-refractivity contribution in [2.75, 3.05) is 5.32 Å². The Kier molecular flexibility index (Phi) is 4.09. The molecule has 0 atom stereocenters. The molecule has 18 heavy (non-hydrogen) atoms. The summed E-state index contributed by atoms with van der Waals surface area (Å²) in [5.41, 5.74) is 0.988. The van der Waals surface area contributed by atoms with Crippen LogP contribution in [-0.4, -0.2) is 5.11 Å². The Morgan fingerprint density at radius 3 is 2.78 bits per heavy atom. The smallest absolute Gasteiger partial charge is 0.147 e. The summed E-state index contributed by atoms with van der Waals surface area (Å²) in [4.78, 5) is 0. The van der Waals surface area contributed by atoms with Crippen molar-refractivity contribution in [2.24, 2.45) is 0 Å². The van der Waals surface area contributed by atoms with E-state index in [0.29, 0.717) is 22.3 Å². The molecule has 0 heterocycles. The first kappa shape index (κ1) is 13.2. The number of hydrogen-bond acceptors (Lipinski definition) is 2. The minimum atomic E-state index is -0.356. The number of hydrogen-bond donors (Lipinski definition) is 2. The maximum absolute atomic E-state index is 13.6. The molecular formula is C13H10BrClFNO. The standard InChI is InChI=1S/C13H10BrClFNO/c14-9-4-5-12(11(16)6-9)17-7-8-2-1-3-10(15)13(8)18/h1-6,17-18H,7H2. The van der Waals surface area contributed by atoms with Crippen LogP contribution in [0.25, 0.3) is 0 Å². The fraction of sp³-hybridized carbons (Fsp3) is 0.0769. The predicted octanol–water partition coefficient (Wildman–Crippen LogP) is 4.56. The molecule has 0 saturated carbocycles. The minimum absolute atomic E-state index is 0.0178. The van der Waals surface area contributed by atoms with Crippen molar-refractivity contribution in [3.8, 4) is 5.75 Å². The maximum Gasteiger partial charge on any atom is 0.147 e. The number of anilines is 1. The van der Waals surface area contributed by atoms with E-state index in [9.17, 15) is 9.50 Å². The van der Waals surface area contributed by atoms with Gasteiger partial charge in [-0.05, 0) is 24.3 Å². The van der Waals surface area contributed by atoms with E-state index in [4.69, 9.17) is 11.6 Å². The highest BCUT2D eigenvalue weighted by atomic mass is 79.9. The molecule has 0 radical (unpaired) electrons. The topological polar surface area (TPSA) is 32.3 Å². The normalized spacial score (nSPS) is 10.4. The maximum atomic E-state index is 13.6. The molecule has 0 aliphatic rings. The van der Waals surface area contributed by atoms with Crippen LogP contribution in [0.5, 0.6) is 5.75 Å². The van der Waals surface area contributed by atoms with Crippen LogP contribution in [0.4, 0.5) is 10.1 Å². The van der Waals surface area contributed by atoms with E-state index in [1.165, 1.54) is 6.07 Å². The van der Waals surface area contributed by atoms with E-state index in [2.05, 4.69) is 21.2 Å². The van der Waals surface area contributed by atoms with Gasteiger partial charge in [-0.1, -0.05) is 39.7 Å². The van der Waals surface area contributed by atoms with Crippen LogP contribution in [-0.2, 0) is 6.54 Å². The lowest BCUT2D eigenvalue weighted by molar-refractivity contribution is 0.469. The van der Waals surface area contributed by atoms with E-state index < -0.39 is 0 Å². The van der Waals surface area contributed by atoms with E-state index in [1.54, 1.807) is 30.3 Å². The quantitative estimate of drug-likeness (QED) is 0.864. The van der Waals surface area contributed by atoms with Crippen molar-refractivity contribution in [2.45, 2.75) is 6.54 Å². The average molecular weight is 331 g/mol. The second-order valence-corrected chi connectivity index (χ2v) is 5.05. The van der Waals surface area contributed by atoms with Crippen molar-refractivity contribution in [1.82, 2.24) is 0 Å². The van der Waals surface area contributed by atoms with E-state index >= 15 is 0 Å². The first-order valence-corrected chi connectivity index (χ1v) is 6.40. The van der Waals surface area contributed by atoms with E-state index in [0.717, 1.165) is 0 Å². The van der Waals surface area contributed by atoms with Crippen LogP contribution in [0.1, 0.15) is 5.56 Å². The molecule has 0 saturated heterocycles. The van der Waals surface area contributed by atoms with Crippen molar-refractivity contribution in [1.29, 1.82) is 0 Å². The number of para-hydroxylation sites is 1. The van der Waals surface area contributed by atoms with E-state index in [1.807, 2.05) is 0 Å². The molecular weight excluding hydrogens is 321 g/mol. The van der Waals surface area contributed by atoms with Crippen molar-refractivity contribution < 1.29 is 9.50 Å². The third-order valence-electron chi connectivity index (χ3n) is 2.47. The van der Waals surface area contributed by atoms with Gasteiger partial charge in [0.15, 0.2) is 0 Å². The summed E-state index contributed by atoms with van der Waals surface area (Å²) in [6.45, 7) is 0.297. The average Bonchev–Trinajstić information content (AvgIpc) is 2.33. The Hall–Kier alpha value is -1.26. The number of rotatable bonds is 3. The second kappa shape index (κ2) is 5.59. The Balaban J connectivity index is 2.14. The zero-order valence-electron chi connectivity index (χ0n) is 9.25. The van der Waals surface area contributed by atoms with E-state index in [-0.39, 0.29) is 16.6 Å². The molecule has 2 nitrogen and oxygen atoms in total. The largest absolute Gasteiger partial charge is 0.506 e. The number of phenolic OH excluding ortho intramolecular Hbond substituents is 1. The Bertz CT molecular complexity index is 577. The summed E-state index contributed by atoms with van der Waals surface area (Å²) in [5, 5.41) is 12.9. The summed E-state index contributed by atoms with van der Waals surface area (Å²) in [6, 6.07) is 9.80. The summed E-state index contributed by atoms with van der Waals surface area (Å²) in [7, 11) is 0. The Morgan fingerprint density at radius 1 is 1.28 bits per heavy atom. The molecule has 0 aliphatic carbocycles. The van der Waals surface area contributed by atoms with Gasteiger partial charge in [0.25, 0.3) is 0 Å². The highest BCUT2D eigenvalue weighted by Crippen LogP contribution is 2.28. The number of nitrogens with one attached hydrogen (secondary N) is 1. The fourth-order valence-electron chi connectivity index (χ4n) is 1.53. The van der Waals surface area contributed by atoms with Gasteiger partial charge in [0, 0.05) is 16.6 Å². The molecule has 0 fully saturated rings. The van der Waals surface area contributed by atoms with Crippen LogP contribution < -0.4 is 5.32 Å². The summed E-state index contributed by atoms with van der Waals surface area (Å²) in [6.07, 6.45) is 0. The van der Waals surface area contributed by atoms with Gasteiger partial charge in [-0.3, -0.25) is 0 Å². The van der Waals surface area contributed by atoms with Crippen LogP contribution in [0.2, 0.25) is 5.02 Å². The third-order valence-corrected chi connectivity index (χ3v) is 3.27. The molecule has 5 heteroatoms. The molecule has 0 aliphatic heterocycles. The highest BCUT2D eigenvalue weighted by Gasteiger charge is 2.06. The van der Waals surface area contributed by atoms with Gasteiger partial charge in [0.2, 0.25) is 0 Å². The third kappa shape index (κ3) is 2.94. The lowest BCUT2D eigenvalue weighted by atomic mass is 10.2. The van der Waals surface area contributed by atoms with Crippen molar-refractivity contribution in [3.63, 3.8) is 0 Å². The second-order valence-electron chi connectivity index (χ2n) is 3.73. The molecule has 94 valence electrons. The van der Waals surface area contributed by atoms with Gasteiger partial charge in [-0.25, -0.2) is 4.39 Å².